The molecule has 0 aromatic heterocycles. The van der Waals surface area contributed by atoms with E-state index in [2.05, 4.69) is 5.32 Å². The molecule has 0 spiro atoms. The zero-order chi connectivity index (χ0) is 13.9. The highest BCUT2D eigenvalue weighted by Gasteiger charge is 2.30. The summed E-state index contributed by atoms with van der Waals surface area (Å²) in [7, 11) is -1.15. The van der Waals surface area contributed by atoms with Crippen LogP contribution in [0, 0.1) is 5.92 Å². The number of nitrogens with one attached hydrogen (secondary N) is 1. The van der Waals surface area contributed by atoms with Crippen LogP contribution < -0.4 is 5.32 Å². The molecule has 0 saturated carbocycles. The molecule has 0 aliphatic carbocycles. The van der Waals surface area contributed by atoms with Crippen molar-refractivity contribution in [1.29, 1.82) is 0 Å². The van der Waals surface area contributed by atoms with Crippen LogP contribution in [0.25, 0.3) is 0 Å². The van der Waals surface area contributed by atoms with E-state index in [1.54, 1.807) is 11.9 Å². The summed E-state index contributed by atoms with van der Waals surface area (Å²) in [5.74, 6) is 0.389. The van der Waals surface area contributed by atoms with Crippen molar-refractivity contribution in [2.75, 3.05) is 44.8 Å². The molecule has 0 bridgehead atoms. The number of hydrogen-bond acceptors (Lipinski definition) is 5. The first kappa shape index (κ1) is 14.7. The van der Waals surface area contributed by atoms with Crippen LogP contribution in [0.5, 0.6) is 0 Å². The first-order chi connectivity index (χ1) is 8.96. The minimum Gasteiger partial charge on any atom is -0.374 e. The monoisotopic (exact) mass is 290 g/mol. The fourth-order valence-electron chi connectivity index (χ4n) is 2.58. The van der Waals surface area contributed by atoms with Gasteiger partial charge in [-0.3, -0.25) is 4.79 Å². The number of carbonyl (C=O) groups excluding carboxylic acids is 1. The molecule has 2 aliphatic rings. The van der Waals surface area contributed by atoms with Gasteiger partial charge in [0.1, 0.15) is 0 Å². The van der Waals surface area contributed by atoms with Crippen LogP contribution in [0.2, 0.25) is 0 Å². The fourth-order valence-corrected chi connectivity index (χ4v) is 4.44. The maximum absolute atomic E-state index is 12.0. The van der Waals surface area contributed by atoms with Gasteiger partial charge in [0.05, 0.1) is 24.2 Å². The Morgan fingerprint density at radius 3 is 2.84 bits per heavy atom. The van der Waals surface area contributed by atoms with Gasteiger partial charge >= 0.3 is 0 Å². The Kier molecular flexibility index (Phi) is 4.81. The molecule has 6 nitrogen and oxygen atoms in total. The highest BCUT2D eigenvalue weighted by atomic mass is 32.2. The van der Waals surface area contributed by atoms with Gasteiger partial charge in [0.2, 0.25) is 5.91 Å². The number of hydrogen-bond donors (Lipinski definition) is 1. The van der Waals surface area contributed by atoms with E-state index < -0.39 is 9.84 Å². The van der Waals surface area contributed by atoms with E-state index in [4.69, 9.17) is 4.74 Å². The Hall–Kier alpha value is -0.660. The Morgan fingerprint density at radius 2 is 2.26 bits per heavy atom. The van der Waals surface area contributed by atoms with E-state index in [1.165, 1.54) is 0 Å². The number of carbonyl (C=O) groups is 1. The van der Waals surface area contributed by atoms with Crippen LogP contribution in [0.1, 0.15) is 12.8 Å². The standard InChI is InChI=1S/C12H22N2O4S/c1-14(8-11-7-13-3-4-18-11)12(15)6-10-2-5-19(16,17)9-10/h10-11,13H,2-9H2,1H3. The van der Waals surface area contributed by atoms with Crippen molar-refractivity contribution in [3.63, 3.8) is 0 Å². The van der Waals surface area contributed by atoms with Gasteiger partial charge in [0.15, 0.2) is 9.84 Å². The van der Waals surface area contributed by atoms with Crippen molar-refractivity contribution in [2.24, 2.45) is 5.92 Å². The first-order valence-electron chi connectivity index (χ1n) is 6.73. The van der Waals surface area contributed by atoms with E-state index in [0.717, 1.165) is 13.1 Å². The molecule has 1 N–H and O–H groups in total. The van der Waals surface area contributed by atoms with Crippen LogP contribution >= 0.6 is 0 Å². The molecule has 0 radical (unpaired) electrons. The van der Waals surface area contributed by atoms with E-state index in [-0.39, 0.29) is 29.4 Å². The van der Waals surface area contributed by atoms with Gasteiger partial charge in [-0.25, -0.2) is 8.42 Å². The maximum atomic E-state index is 12.0. The predicted octanol–water partition coefficient (Wildman–Crippen LogP) is -0.742. The molecule has 2 saturated heterocycles. The third kappa shape index (κ3) is 4.43. The summed E-state index contributed by atoms with van der Waals surface area (Å²) in [6, 6.07) is 0. The van der Waals surface area contributed by atoms with Crippen molar-refractivity contribution in [2.45, 2.75) is 18.9 Å². The second kappa shape index (κ2) is 6.19. The minimum absolute atomic E-state index is 0.00894. The average molecular weight is 290 g/mol. The molecule has 1 amide bonds. The third-order valence-electron chi connectivity index (χ3n) is 3.70. The van der Waals surface area contributed by atoms with Gasteiger partial charge in [-0.05, 0) is 12.3 Å². The number of rotatable bonds is 4. The molecule has 110 valence electrons. The van der Waals surface area contributed by atoms with Gasteiger partial charge in [-0.15, -0.1) is 0 Å². The molecule has 2 fully saturated rings. The van der Waals surface area contributed by atoms with Crippen LogP contribution in [0.4, 0.5) is 0 Å². The van der Waals surface area contributed by atoms with Crippen molar-refractivity contribution >= 4 is 15.7 Å². The Balaban J connectivity index is 1.76. The predicted molar refractivity (Wildman–Crippen MR) is 71.6 cm³/mol. The number of amides is 1. The normalized spacial score (nSPS) is 30.2. The van der Waals surface area contributed by atoms with Crippen molar-refractivity contribution in [3.8, 4) is 0 Å². The van der Waals surface area contributed by atoms with Crippen molar-refractivity contribution < 1.29 is 17.9 Å². The molecule has 2 atom stereocenters. The fraction of sp³-hybridized carbons (Fsp3) is 0.917. The molecule has 2 heterocycles. The summed E-state index contributed by atoms with van der Waals surface area (Å²) in [4.78, 5) is 13.7. The minimum atomic E-state index is -2.90. The smallest absolute Gasteiger partial charge is 0.222 e. The second-order valence-electron chi connectivity index (χ2n) is 5.44. The lowest BCUT2D eigenvalue weighted by Gasteiger charge is -2.28. The van der Waals surface area contributed by atoms with Gasteiger partial charge in [-0.2, -0.15) is 0 Å². The number of sulfone groups is 1. The second-order valence-corrected chi connectivity index (χ2v) is 7.67. The molecule has 2 rings (SSSR count). The van der Waals surface area contributed by atoms with E-state index in [1.807, 2.05) is 0 Å². The van der Waals surface area contributed by atoms with Gasteiger partial charge < -0.3 is 15.0 Å². The van der Waals surface area contributed by atoms with E-state index in [9.17, 15) is 13.2 Å². The number of ether oxygens (including phenoxy) is 1. The molecule has 7 heteroatoms. The van der Waals surface area contributed by atoms with E-state index in [0.29, 0.717) is 26.0 Å². The molecular formula is C12H22N2O4S. The lowest BCUT2D eigenvalue weighted by molar-refractivity contribution is -0.132. The number of morpholine rings is 1. The van der Waals surface area contributed by atoms with Gasteiger partial charge in [0, 0.05) is 33.1 Å². The van der Waals surface area contributed by atoms with Crippen LogP contribution in [-0.2, 0) is 19.4 Å². The number of likely N-dealkylation sites (N-methyl/N-ethyl adjacent to an activating group) is 1. The summed E-state index contributed by atoms with van der Waals surface area (Å²) >= 11 is 0. The summed E-state index contributed by atoms with van der Waals surface area (Å²) in [5, 5.41) is 3.22. The van der Waals surface area contributed by atoms with Crippen molar-refractivity contribution in [1.82, 2.24) is 10.2 Å². The largest absolute Gasteiger partial charge is 0.374 e. The Morgan fingerprint density at radius 1 is 1.47 bits per heavy atom. The van der Waals surface area contributed by atoms with Gasteiger partial charge in [-0.1, -0.05) is 0 Å². The first-order valence-corrected chi connectivity index (χ1v) is 8.55. The Bertz CT molecular complexity index is 417. The molecular weight excluding hydrogens is 268 g/mol. The summed E-state index contributed by atoms with van der Waals surface area (Å²) in [6.45, 7) is 2.85. The summed E-state index contributed by atoms with van der Waals surface area (Å²) < 4.78 is 28.3. The molecule has 0 aromatic rings. The highest BCUT2D eigenvalue weighted by Crippen LogP contribution is 2.22. The van der Waals surface area contributed by atoms with Crippen LogP contribution in [-0.4, -0.2) is 70.1 Å². The third-order valence-corrected chi connectivity index (χ3v) is 5.53. The zero-order valence-electron chi connectivity index (χ0n) is 11.3. The van der Waals surface area contributed by atoms with Crippen molar-refractivity contribution in [3.05, 3.63) is 0 Å². The summed E-state index contributed by atoms with van der Waals surface area (Å²) in [5.41, 5.74) is 0. The number of nitrogens with zero attached hydrogens (tertiary/aromatic N) is 1. The maximum Gasteiger partial charge on any atom is 0.222 e. The molecule has 2 aliphatic heterocycles. The van der Waals surface area contributed by atoms with Gasteiger partial charge in [0.25, 0.3) is 0 Å². The molecule has 19 heavy (non-hydrogen) atoms. The zero-order valence-corrected chi connectivity index (χ0v) is 12.1. The van der Waals surface area contributed by atoms with Crippen LogP contribution in [0.3, 0.4) is 0 Å². The summed E-state index contributed by atoms with van der Waals surface area (Å²) in [6.07, 6.45) is 0.981. The average Bonchev–Trinajstić information content (AvgIpc) is 2.70. The van der Waals surface area contributed by atoms with E-state index >= 15 is 0 Å². The molecule has 0 aromatic carbocycles. The SMILES string of the molecule is CN(CC1CNCCO1)C(=O)CC1CCS(=O)(=O)C1. The topological polar surface area (TPSA) is 75.7 Å². The molecule has 2 unspecified atom stereocenters. The Labute approximate surface area is 114 Å². The quantitative estimate of drug-likeness (QED) is 0.738. The lowest BCUT2D eigenvalue weighted by Crippen LogP contribution is -2.46. The lowest BCUT2D eigenvalue weighted by atomic mass is 10.0. The highest BCUT2D eigenvalue weighted by molar-refractivity contribution is 7.91. The van der Waals surface area contributed by atoms with Crippen LogP contribution in [0.15, 0.2) is 0 Å².